The zero-order valence-corrected chi connectivity index (χ0v) is 10.3. The van der Waals surface area contributed by atoms with Gasteiger partial charge in [0.15, 0.2) is 0 Å². The van der Waals surface area contributed by atoms with Crippen molar-refractivity contribution in [3.05, 3.63) is 0 Å². The molecular weight excluding hydrogens is 208 g/mol. The van der Waals surface area contributed by atoms with E-state index in [9.17, 15) is 9.59 Å². The predicted octanol–water partition coefficient (Wildman–Crippen LogP) is 0.683. The zero-order valence-electron chi connectivity index (χ0n) is 10.3. The van der Waals surface area contributed by atoms with Crippen molar-refractivity contribution in [1.82, 2.24) is 4.90 Å². The Morgan fingerprint density at radius 2 is 1.94 bits per heavy atom. The molecule has 1 unspecified atom stereocenters. The Labute approximate surface area is 96.6 Å². The van der Waals surface area contributed by atoms with Gasteiger partial charge in [-0.3, -0.25) is 9.59 Å². The maximum absolute atomic E-state index is 11.8. The molecule has 1 amide bonds. The van der Waals surface area contributed by atoms with Crippen LogP contribution in [0.25, 0.3) is 0 Å². The molecule has 0 aliphatic carbocycles. The number of hydrogen-bond acceptors (Lipinski definition) is 3. The number of carbonyl (C=O) groups is 2. The van der Waals surface area contributed by atoms with E-state index in [2.05, 4.69) is 0 Å². The van der Waals surface area contributed by atoms with Gasteiger partial charge in [-0.1, -0.05) is 13.8 Å². The maximum Gasteiger partial charge on any atom is 0.305 e. The van der Waals surface area contributed by atoms with Gasteiger partial charge >= 0.3 is 5.97 Å². The molecule has 0 rings (SSSR count). The number of nitrogens with zero attached hydrogens (tertiary/aromatic N) is 1. The lowest BCUT2D eigenvalue weighted by molar-refractivity contribution is -0.138. The molecule has 0 fully saturated rings. The molecule has 0 saturated carbocycles. The third-order valence-corrected chi connectivity index (χ3v) is 2.33. The third-order valence-electron chi connectivity index (χ3n) is 2.33. The van der Waals surface area contributed by atoms with Crippen LogP contribution >= 0.6 is 0 Å². The second kappa shape index (κ2) is 7.22. The first-order chi connectivity index (χ1) is 7.38. The molecule has 5 heteroatoms. The van der Waals surface area contributed by atoms with Crippen molar-refractivity contribution in [2.75, 3.05) is 13.1 Å². The number of amides is 1. The van der Waals surface area contributed by atoms with Crippen molar-refractivity contribution < 1.29 is 14.7 Å². The summed E-state index contributed by atoms with van der Waals surface area (Å²) in [7, 11) is 0. The lowest BCUT2D eigenvalue weighted by atomic mass is 10.0. The fourth-order valence-electron chi connectivity index (χ4n) is 1.50. The fraction of sp³-hybridized carbons (Fsp3) is 0.818. The van der Waals surface area contributed by atoms with E-state index in [-0.39, 0.29) is 18.9 Å². The molecule has 94 valence electrons. The minimum Gasteiger partial charge on any atom is -0.481 e. The highest BCUT2D eigenvalue weighted by molar-refractivity contribution is 5.82. The number of carboxylic acids is 1. The van der Waals surface area contributed by atoms with E-state index in [1.54, 1.807) is 0 Å². The molecule has 0 aromatic heterocycles. The highest BCUT2D eigenvalue weighted by atomic mass is 16.4. The molecule has 0 bridgehead atoms. The summed E-state index contributed by atoms with van der Waals surface area (Å²) in [5.41, 5.74) is 5.76. The van der Waals surface area contributed by atoms with Crippen LogP contribution in [0.2, 0.25) is 0 Å². The van der Waals surface area contributed by atoms with Crippen LogP contribution in [0.3, 0.4) is 0 Å². The van der Waals surface area contributed by atoms with E-state index in [4.69, 9.17) is 10.8 Å². The summed E-state index contributed by atoms with van der Waals surface area (Å²) < 4.78 is 0. The summed E-state index contributed by atoms with van der Waals surface area (Å²) in [6.07, 6.45) is 0.594. The van der Waals surface area contributed by atoms with Crippen molar-refractivity contribution in [3.8, 4) is 0 Å². The van der Waals surface area contributed by atoms with Gasteiger partial charge in [0.1, 0.15) is 0 Å². The van der Waals surface area contributed by atoms with Crippen molar-refractivity contribution in [3.63, 3.8) is 0 Å². The molecule has 0 radical (unpaired) electrons. The first-order valence-corrected chi connectivity index (χ1v) is 5.64. The van der Waals surface area contributed by atoms with Crippen LogP contribution in [0.1, 0.15) is 33.6 Å². The molecule has 1 atom stereocenters. The summed E-state index contributed by atoms with van der Waals surface area (Å²) >= 11 is 0. The van der Waals surface area contributed by atoms with Crippen LogP contribution in [0.5, 0.6) is 0 Å². The summed E-state index contributed by atoms with van der Waals surface area (Å²) in [6.45, 7) is 6.55. The quantitative estimate of drug-likeness (QED) is 0.673. The second-order valence-corrected chi connectivity index (χ2v) is 4.30. The largest absolute Gasteiger partial charge is 0.481 e. The first-order valence-electron chi connectivity index (χ1n) is 5.64. The van der Waals surface area contributed by atoms with Crippen LogP contribution in [-0.2, 0) is 9.59 Å². The molecule has 0 aromatic carbocycles. The van der Waals surface area contributed by atoms with Crippen LogP contribution in [-0.4, -0.2) is 41.0 Å². The van der Waals surface area contributed by atoms with Crippen molar-refractivity contribution in [2.24, 2.45) is 11.7 Å². The number of hydrogen-bond donors (Lipinski definition) is 2. The Hall–Kier alpha value is -1.10. The lowest BCUT2D eigenvalue weighted by Crippen LogP contribution is -2.45. The van der Waals surface area contributed by atoms with E-state index in [0.717, 1.165) is 0 Å². The number of likely N-dealkylation sites (N-methyl/N-ethyl adjacent to an activating group) is 1. The second-order valence-electron chi connectivity index (χ2n) is 4.30. The fourth-order valence-corrected chi connectivity index (χ4v) is 1.50. The van der Waals surface area contributed by atoms with Gasteiger partial charge in [0.05, 0.1) is 12.5 Å². The summed E-state index contributed by atoms with van der Waals surface area (Å²) in [4.78, 5) is 23.8. The third kappa shape index (κ3) is 5.70. The van der Waals surface area contributed by atoms with Crippen LogP contribution in [0.15, 0.2) is 0 Å². The summed E-state index contributed by atoms with van der Waals surface area (Å²) in [6, 6.07) is -0.520. The Morgan fingerprint density at radius 3 is 2.31 bits per heavy atom. The van der Waals surface area contributed by atoms with Gasteiger partial charge in [0.2, 0.25) is 5.91 Å². The van der Waals surface area contributed by atoms with Crippen LogP contribution < -0.4 is 5.73 Å². The first kappa shape index (κ1) is 14.9. The number of carboxylic acid groups (broad SMARTS) is 1. The molecule has 16 heavy (non-hydrogen) atoms. The van der Waals surface area contributed by atoms with Gasteiger partial charge in [-0.05, 0) is 19.3 Å². The average molecular weight is 230 g/mol. The van der Waals surface area contributed by atoms with Gasteiger partial charge in [0, 0.05) is 13.1 Å². The van der Waals surface area contributed by atoms with Gasteiger partial charge in [-0.2, -0.15) is 0 Å². The molecule has 0 aromatic rings. The zero-order chi connectivity index (χ0) is 12.7. The smallest absolute Gasteiger partial charge is 0.305 e. The van der Waals surface area contributed by atoms with Gasteiger partial charge < -0.3 is 15.7 Å². The van der Waals surface area contributed by atoms with E-state index in [1.807, 2.05) is 20.8 Å². The predicted molar refractivity (Wildman–Crippen MR) is 61.9 cm³/mol. The molecular formula is C11H22N2O3. The Balaban J connectivity index is 4.23. The Bertz CT molecular complexity index is 241. The number of nitrogens with two attached hydrogens (primary N) is 1. The van der Waals surface area contributed by atoms with E-state index >= 15 is 0 Å². The van der Waals surface area contributed by atoms with Gasteiger partial charge in [0.25, 0.3) is 0 Å². The SMILES string of the molecule is CCN(CCC(=O)O)C(=O)C(N)CC(C)C. The summed E-state index contributed by atoms with van der Waals surface area (Å²) in [5.74, 6) is -0.696. The minimum atomic E-state index is -0.899. The molecule has 3 N–H and O–H groups in total. The number of aliphatic carboxylic acids is 1. The normalized spacial score (nSPS) is 12.6. The monoisotopic (exact) mass is 230 g/mol. The minimum absolute atomic E-state index is 0.0338. The van der Waals surface area contributed by atoms with E-state index in [1.165, 1.54) is 4.90 Å². The topological polar surface area (TPSA) is 83.6 Å². The molecule has 0 heterocycles. The highest BCUT2D eigenvalue weighted by Crippen LogP contribution is 2.06. The van der Waals surface area contributed by atoms with Crippen LogP contribution in [0, 0.1) is 5.92 Å². The van der Waals surface area contributed by atoms with Crippen molar-refractivity contribution in [2.45, 2.75) is 39.7 Å². The number of carbonyl (C=O) groups excluding carboxylic acids is 1. The lowest BCUT2D eigenvalue weighted by Gasteiger charge is -2.24. The number of rotatable bonds is 7. The molecule has 0 aliphatic rings. The highest BCUT2D eigenvalue weighted by Gasteiger charge is 2.20. The van der Waals surface area contributed by atoms with E-state index in [0.29, 0.717) is 18.9 Å². The molecule has 0 saturated heterocycles. The molecule has 0 spiro atoms. The summed E-state index contributed by atoms with van der Waals surface area (Å²) in [5, 5.41) is 8.55. The maximum atomic E-state index is 11.8. The van der Waals surface area contributed by atoms with E-state index < -0.39 is 12.0 Å². The Kier molecular flexibility index (Phi) is 6.72. The standard InChI is InChI=1S/C11H22N2O3/c1-4-13(6-5-10(14)15)11(16)9(12)7-8(2)3/h8-9H,4-7,12H2,1-3H3,(H,14,15). The van der Waals surface area contributed by atoms with Gasteiger partial charge in [-0.15, -0.1) is 0 Å². The Morgan fingerprint density at radius 1 is 1.38 bits per heavy atom. The van der Waals surface area contributed by atoms with Crippen molar-refractivity contribution in [1.29, 1.82) is 0 Å². The molecule has 0 aliphatic heterocycles. The molecule has 5 nitrogen and oxygen atoms in total. The van der Waals surface area contributed by atoms with Crippen LogP contribution in [0.4, 0.5) is 0 Å². The average Bonchev–Trinajstić information content (AvgIpc) is 2.16. The van der Waals surface area contributed by atoms with Crippen molar-refractivity contribution >= 4 is 11.9 Å². The van der Waals surface area contributed by atoms with Gasteiger partial charge in [-0.25, -0.2) is 0 Å².